The van der Waals surface area contributed by atoms with E-state index in [1.54, 1.807) is 24.3 Å². The van der Waals surface area contributed by atoms with E-state index in [1.165, 1.54) is 15.7 Å². The number of ether oxygens (including phenoxy) is 1. The van der Waals surface area contributed by atoms with Gasteiger partial charge in [-0.3, -0.25) is 9.47 Å². The highest BCUT2D eigenvalue weighted by molar-refractivity contribution is 5.78. The summed E-state index contributed by atoms with van der Waals surface area (Å²) in [5, 5.41) is 3.37. The summed E-state index contributed by atoms with van der Waals surface area (Å²) in [6.45, 7) is 9.89. The number of nitrogens with one attached hydrogen (secondary N) is 1. The zero-order valence-corrected chi connectivity index (χ0v) is 23.6. The van der Waals surface area contributed by atoms with E-state index in [0.717, 1.165) is 26.1 Å². The Kier molecular flexibility index (Phi) is 9.53. The summed E-state index contributed by atoms with van der Waals surface area (Å²) in [5.74, 6) is 1.11. The van der Waals surface area contributed by atoms with E-state index in [1.807, 2.05) is 26.0 Å². The van der Waals surface area contributed by atoms with Crippen molar-refractivity contribution in [2.24, 2.45) is 0 Å². The van der Waals surface area contributed by atoms with Crippen molar-refractivity contribution in [3.63, 3.8) is 0 Å². The van der Waals surface area contributed by atoms with Crippen molar-refractivity contribution in [1.29, 1.82) is 0 Å². The van der Waals surface area contributed by atoms with Gasteiger partial charge in [-0.1, -0.05) is 68.0 Å². The van der Waals surface area contributed by atoms with Crippen LogP contribution >= 0.6 is 0 Å². The lowest BCUT2D eigenvalue weighted by Crippen LogP contribution is -2.37. The van der Waals surface area contributed by atoms with Gasteiger partial charge < -0.3 is 15.0 Å². The molecule has 8 nitrogen and oxygen atoms in total. The number of alkyl halides is 2. The number of hydrogen-bond acceptors (Lipinski definition) is 7. The number of para-hydroxylation sites is 2. The van der Waals surface area contributed by atoms with Gasteiger partial charge in [-0.15, -0.1) is 0 Å². The van der Waals surface area contributed by atoms with E-state index in [2.05, 4.69) is 50.4 Å². The van der Waals surface area contributed by atoms with Crippen LogP contribution in [-0.2, 0) is 11.3 Å². The van der Waals surface area contributed by atoms with Crippen LogP contribution in [0.4, 0.5) is 20.5 Å². The zero-order valence-electron chi connectivity index (χ0n) is 23.6. The number of anilines is 2. The molecule has 2 aromatic heterocycles. The first-order valence-electron chi connectivity index (χ1n) is 14.3. The predicted molar refractivity (Wildman–Crippen MR) is 159 cm³/mol. The zero-order chi connectivity index (χ0) is 28.6. The van der Waals surface area contributed by atoms with E-state index in [9.17, 15) is 8.78 Å². The van der Waals surface area contributed by atoms with Gasteiger partial charge in [-0.25, -0.2) is 13.8 Å². The Morgan fingerprint density at radius 2 is 1.63 bits per heavy atom. The standard InChI is InChI=1S/C29H31F2N7O.C2H6/c30-27(31)28-33-23-8-4-5-9-24(23)38(28)26-18-25(37-14-16-39-17-15-37)34-29(35-26)32-19-21-10-12-36(13-11-21)20-22-6-2-1-3-7-22;1-2/h1-10,18,27H,11-17,19-20H2,(H,32,34,35);1-2H3. The average molecular weight is 562 g/mol. The van der Waals surface area contributed by atoms with Gasteiger partial charge in [0.25, 0.3) is 6.43 Å². The Morgan fingerprint density at radius 1 is 0.902 bits per heavy atom. The molecular weight excluding hydrogens is 524 g/mol. The molecule has 0 unspecified atom stereocenters. The molecule has 216 valence electrons. The van der Waals surface area contributed by atoms with Crippen LogP contribution in [-0.4, -0.2) is 70.4 Å². The maximum Gasteiger partial charge on any atom is 0.296 e. The lowest BCUT2D eigenvalue weighted by atomic mass is 10.1. The van der Waals surface area contributed by atoms with Gasteiger partial charge in [-0.05, 0) is 24.1 Å². The fourth-order valence-electron chi connectivity index (χ4n) is 5.09. The highest BCUT2D eigenvalue weighted by atomic mass is 19.3. The maximum atomic E-state index is 14.1. The number of fused-ring (bicyclic) bond motifs is 1. The van der Waals surface area contributed by atoms with Crippen molar-refractivity contribution >= 4 is 22.8 Å². The average Bonchev–Trinajstić information content (AvgIpc) is 3.43. The SMILES string of the molecule is CC.FC(F)c1nc2ccccc2n1-c1cc(N2CCOCC2)nc(NCC2=CCN(Cc3ccccc3)CC2)n1. The van der Waals surface area contributed by atoms with Gasteiger partial charge in [-0.2, -0.15) is 9.97 Å². The Morgan fingerprint density at radius 3 is 2.37 bits per heavy atom. The molecule has 10 heteroatoms. The topological polar surface area (TPSA) is 71.3 Å². The Hall–Kier alpha value is -3.89. The fraction of sp³-hybridized carbons (Fsp3) is 0.387. The molecule has 4 aromatic rings. The smallest absolute Gasteiger partial charge is 0.296 e. The number of halogens is 2. The second-order valence-electron chi connectivity index (χ2n) is 9.79. The quantitative estimate of drug-likeness (QED) is 0.270. The summed E-state index contributed by atoms with van der Waals surface area (Å²) in [4.78, 5) is 18.2. The fourth-order valence-corrected chi connectivity index (χ4v) is 5.09. The molecule has 2 aromatic carbocycles. The summed E-state index contributed by atoms with van der Waals surface area (Å²) in [6, 6.07) is 19.4. The van der Waals surface area contributed by atoms with Crippen molar-refractivity contribution in [2.45, 2.75) is 33.2 Å². The predicted octanol–water partition coefficient (Wildman–Crippen LogP) is 5.86. The van der Waals surface area contributed by atoms with Crippen molar-refractivity contribution in [1.82, 2.24) is 24.4 Å². The minimum atomic E-state index is -2.75. The van der Waals surface area contributed by atoms with Gasteiger partial charge in [0.1, 0.15) is 11.6 Å². The molecule has 0 aliphatic carbocycles. The summed E-state index contributed by atoms with van der Waals surface area (Å²) >= 11 is 0. The largest absolute Gasteiger partial charge is 0.378 e. The third-order valence-corrected chi connectivity index (χ3v) is 7.16. The molecular formula is C31H37F2N7O. The summed E-state index contributed by atoms with van der Waals surface area (Å²) in [7, 11) is 0. The molecule has 1 saturated heterocycles. The minimum Gasteiger partial charge on any atom is -0.378 e. The number of rotatable bonds is 8. The molecule has 2 aliphatic rings. The van der Waals surface area contributed by atoms with Crippen LogP contribution in [0.15, 0.2) is 72.3 Å². The minimum absolute atomic E-state index is 0.331. The van der Waals surface area contributed by atoms with Gasteiger partial charge in [0.2, 0.25) is 5.95 Å². The molecule has 2 aliphatic heterocycles. The van der Waals surface area contributed by atoms with Crippen molar-refractivity contribution in [2.75, 3.05) is 56.2 Å². The summed E-state index contributed by atoms with van der Waals surface area (Å²) in [5.41, 5.74) is 3.67. The lowest BCUT2D eigenvalue weighted by Gasteiger charge is -2.28. The second-order valence-corrected chi connectivity index (χ2v) is 9.79. The Labute approximate surface area is 239 Å². The molecule has 4 heterocycles. The van der Waals surface area contributed by atoms with Crippen molar-refractivity contribution in [3.05, 3.63) is 83.7 Å². The first kappa shape index (κ1) is 28.6. The number of benzene rings is 2. The molecule has 0 radical (unpaired) electrons. The molecule has 1 N–H and O–H groups in total. The third-order valence-electron chi connectivity index (χ3n) is 7.16. The van der Waals surface area contributed by atoms with Gasteiger partial charge in [0.05, 0.1) is 24.2 Å². The molecule has 0 atom stereocenters. The number of hydrogen-bond donors (Lipinski definition) is 1. The van der Waals surface area contributed by atoms with Gasteiger partial charge in [0, 0.05) is 45.3 Å². The third kappa shape index (κ3) is 6.89. The van der Waals surface area contributed by atoms with E-state index in [0.29, 0.717) is 61.5 Å². The maximum absolute atomic E-state index is 14.1. The molecule has 0 saturated carbocycles. The van der Waals surface area contributed by atoms with Gasteiger partial charge in [0.15, 0.2) is 5.82 Å². The highest BCUT2D eigenvalue weighted by Crippen LogP contribution is 2.29. The lowest BCUT2D eigenvalue weighted by molar-refractivity contribution is 0.122. The first-order valence-corrected chi connectivity index (χ1v) is 14.3. The van der Waals surface area contributed by atoms with Crippen LogP contribution in [0, 0.1) is 0 Å². The van der Waals surface area contributed by atoms with Crippen LogP contribution < -0.4 is 10.2 Å². The van der Waals surface area contributed by atoms with E-state index in [4.69, 9.17) is 14.7 Å². The van der Waals surface area contributed by atoms with Crippen LogP contribution in [0.5, 0.6) is 0 Å². The Balaban J connectivity index is 0.00000165. The molecule has 41 heavy (non-hydrogen) atoms. The van der Waals surface area contributed by atoms with Crippen LogP contribution in [0.3, 0.4) is 0 Å². The van der Waals surface area contributed by atoms with Gasteiger partial charge >= 0.3 is 0 Å². The summed E-state index contributed by atoms with van der Waals surface area (Å²) in [6.07, 6.45) is 0.448. The second kappa shape index (κ2) is 13.6. The number of imidazole rings is 1. The molecule has 6 rings (SSSR count). The van der Waals surface area contributed by atoms with Crippen LogP contribution in [0.25, 0.3) is 16.9 Å². The van der Waals surface area contributed by atoms with E-state index >= 15 is 0 Å². The highest BCUT2D eigenvalue weighted by Gasteiger charge is 2.23. The van der Waals surface area contributed by atoms with Crippen LogP contribution in [0.2, 0.25) is 0 Å². The normalized spacial score (nSPS) is 15.9. The molecule has 0 spiro atoms. The number of nitrogens with zero attached hydrogens (tertiary/aromatic N) is 6. The van der Waals surface area contributed by atoms with Crippen molar-refractivity contribution < 1.29 is 13.5 Å². The Bertz CT molecular complexity index is 1450. The monoisotopic (exact) mass is 561 g/mol. The van der Waals surface area contributed by atoms with E-state index < -0.39 is 6.43 Å². The molecule has 1 fully saturated rings. The molecule has 0 amide bonds. The summed E-state index contributed by atoms with van der Waals surface area (Å²) < 4.78 is 35.1. The van der Waals surface area contributed by atoms with Crippen LogP contribution in [0.1, 0.15) is 38.1 Å². The van der Waals surface area contributed by atoms with Crippen molar-refractivity contribution in [3.8, 4) is 5.82 Å². The number of morpholine rings is 1. The van der Waals surface area contributed by atoms with E-state index in [-0.39, 0.29) is 5.82 Å². The number of aromatic nitrogens is 4. The molecule has 0 bridgehead atoms. The first-order chi connectivity index (χ1) is 20.1.